The van der Waals surface area contributed by atoms with Crippen LogP contribution in [-0.4, -0.2) is 21.2 Å². The molecule has 0 saturated heterocycles. The Morgan fingerprint density at radius 3 is 2.68 bits per heavy atom. The average Bonchev–Trinajstić information content (AvgIpc) is 2.42. The zero-order valence-electron chi connectivity index (χ0n) is 10.4. The van der Waals surface area contributed by atoms with Gasteiger partial charge in [-0.2, -0.15) is 0 Å². The van der Waals surface area contributed by atoms with Crippen molar-refractivity contribution in [2.45, 2.75) is 17.1 Å². The Hall–Kier alpha value is -2.01. The largest absolute Gasteiger partial charge is 0.504 e. The molecule has 0 aliphatic carbocycles. The van der Waals surface area contributed by atoms with E-state index in [1.54, 1.807) is 6.07 Å². The molecule has 1 unspecified atom stereocenters. The van der Waals surface area contributed by atoms with E-state index in [1.807, 2.05) is 37.3 Å². The number of hydrogen-bond acceptors (Lipinski definition) is 4. The molecule has 98 valence electrons. The highest BCUT2D eigenvalue weighted by Crippen LogP contribution is 2.25. The van der Waals surface area contributed by atoms with Crippen LogP contribution in [-0.2, 0) is 4.79 Å². The number of aromatic hydroxyl groups is 1. The monoisotopic (exact) mass is 274 g/mol. The van der Waals surface area contributed by atoms with E-state index in [9.17, 15) is 9.90 Å². The summed E-state index contributed by atoms with van der Waals surface area (Å²) in [7, 11) is 0. The fraction of sp³-hybridized carbons (Fsp3) is 0.143. The number of anilines is 1. The third-order valence-electron chi connectivity index (χ3n) is 2.45. The molecule has 0 radical (unpaired) electrons. The lowest BCUT2D eigenvalue weighted by Crippen LogP contribution is -2.22. The minimum Gasteiger partial charge on any atom is -0.504 e. The number of amides is 1. The number of carbonyl (C=O) groups excluding carboxylic acids is 1. The first-order chi connectivity index (χ1) is 9.16. The van der Waals surface area contributed by atoms with E-state index in [0.717, 1.165) is 4.90 Å². The first kappa shape index (κ1) is 13.4. The smallest absolute Gasteiger partial charge is 0.238 e. The lowest BCUT2D eigenvalue weighted by molar-refractivity contribution is -0.115. The number of nitrogens with one attached hydrogen (secondary N) is 1. The summed E-state index contributed by atoms with van der Waals surface area (Å²) in [5.41, 5.74) is 0. The number of benzene rings is 1. The van der Waals surface area contributed by atoms with E-state index in [4.69, 9.17) is 0 Å². The maximum Gasteiger partial charge on any atom is 0.238 e. The molecule has 1 atom stereocenters. The van der Waals surface area contributed by atoms with Gasteiger partial charge >= 0.3 is 0 Å². The maximum atomic E-state index is 12.0. The Bertz CT molecular complexity index is 560. The highest BCUT2D eigenvalue weighted by atomic mass is 32.2. The van der Waals surface area contributed by atoms with E-state index in [-0.39, 0.29) is 22.7 Å². The summed E-state index contributed by atoms with van der Waals surface area (Å²) in [5, 5.41) is 11.9. The summed E-state index contributed by atoms with van der Waals surface area (Å²) >= 11 is 1.46. The van der Waals surface area contributed by atoms with Crippen LogP contribution < -0.4 is 5.32 Å². The summed E-state index contributed by atoms with van der Waals surface area (Å²) < 4.78 is 0. The van der Waals surface area contributed by atoms with Crippen molar-refractivity contribution in [3.63, 3.8) is 0 Å². The first-order valence-electron chi connectivity index (χ1n) is 5.83. The number of pyridine rings is 1. The van der Waals surface area contributed by atoms with Crippen LogP contribution in [0.4, 0.5) is 5.82 Å². The molecule has 0 aliphatic heterocycles. The molecule has 4 nitrogen and oxygen atoms in total. The quantitative estimate of drug-likeness (QED) is 0.841. The highest BCUT2D eigenvalue weighted by molar-refractivity contribution is 8.00. The van der Waals surface area contributed by atoms with Gasteiger partial charge in [0.1, 0.15) is 0 Å². The van der Waals surface area contributed by atoms with Crippen molar-refractivity contribution >= 4 is 23.5 Å². The molecule has 1 aromatic heterocycles. The summed E-state index contributed by atoms with van der Waals surface area (Å²) in [4.78, 5) is 16.9. The van der Waals surface area contributed by atoms with Gasteiger partial charge in [0, 0.05) is 11.1 Å². The van der Waals surface area contributed by atoms with Crippen LogP contribution in [0.2, 0.25) is 0 Å². The Labute approximate surface area is 115 Å². The molecule has 0 saturated carbocycles. The molecule has 1 amide bonds. The van der Waals surface area contributed by atoms with Gasteiger partial charge in [0.15, 0.2) is 11.6 Å². The molecule has 1 aromatic carbocycles. The van der Waals surface area contributed by atoms with Gasteiger partial charge in [0.2, 0.25) is 5.91 Å². The molecule has 2 N–H and O–H groups in total. The summed E-state index contributed by atoms with van der Waals surface area (Å²) in [6, 6.07) is 12.8. The SMILES string of the molecule is CC(Sc1ccccc1)C(=O)Nc1ncccc1O. The molecule has 0 spiro atoms. The third-order valence-corrected chi connectivity index (χ3v) is 3.57. The molecule has 0 fully saturated rings. The minimum absolute atomic E-state index is 0.0345. The average molecular weight is 274 g/mol. The van der Waals surface area contributed by atoms with Gasteiger partial charge in [-0.25, -0.2) is 4.98 Å². The number of aromatic nitrogens is 1. The molecule has 5 heteroatoms. The molecule has 1 heterocycles. The lowest BCUT2D eigenvalue weighted by Gasteiger charge is -2.12. The van der Waals surface area contributed by atoms with Gasteiger partial charge in [-0.3, -0.25) is 4.79 Å². The van der Waals surface area contributed by atoms with E-state index in [1.165, 1.54) is 24.0 Å². The Balaban J connectivity index is 1.99. The number of thioether (sulfide) groups is 1. The summed E-state index contributed by atoms with van der Waals surface area (Å²) in [6.07, 6.45) is 1.52. The molecule has 19 heavy (non-hydrogen) atoms. The van der Waals surface area contributed by atoms with Crippen LogP contribution in [0.1, 0.15) is 6.92 Å². The van der Waals surface area contributed by atoms with E-state index < -0.39 is 0 Å². The van der Waals surface area contributed by atoms with Gasteiger partial charge in [-0.05, 0) is 31.2 Å². The molecule has 0 bridgehead atoms. The van der Waals surface area contributed by atoms with Crippen LogP contribution in [0.3, 0.4) is 0 Å². The van der Waals surface area contributed by atoms with E-state index in [0.29, 0.717) is 0 Å². The zero-order chi connectivity index (χ0) is 13.7. The van der Waals surface area contributed by atoms with Crippen molar-refractivity contribution in [3.05, 3.63) is 48.7 Å². The van der Waals surface area contributed by atoms with Crippen molar-refractivity contribution in [2.75, 3.05) is 5.32 Å². The van der Waals surface area contributed by atoms with Gasteiger partial charge in [0.25, 0.3) is 0 Å². The Kier molecular flexibility index (Phi) is 4.41. The molecule has 2 rings (SSSR count). The lowest BCUT2D eigenvalue weighted by atomic mass is 10.4. The summed E-state index contributed by atoms with van der Waals surface area (Å²) in [5.74, 6) is -0.0383. The maximum absolute atomic E-state index is 12.0. The molecular formula is C14H14N2O2S. The zero-order valence-corrected chi connectivity index (χ0v) is 11.2. The first-order valence-corrected chi connectivity index (χ1v) is 6.71. The van der Waals surface area contributed by atoms with E-state index in [2.05, 4.69) is 10.3 Å². The molecule has 0 aliphatic rings. The van der Waals surface area contributed by atoms with Crippen LogP contribution in [0.5, 0.6) is 5.75 Å². The highest BCUT2D eigenvalue weighted by Gasteiger charge is 2.16. The second-order valence-corrected chi connectivity index (χ2v) is 5.35. The van der Waals surface area contributed by atoms with Crippen molar-refractivity contribution in [1.29, 1.82) is 0 Å². The Morgan fingerprint density at radius 2 is 2.00 bits per heavy atom. The second-order valence-electron chi connectivity index (χ2n) is 3.93. The van der Waals surface area contributed by atoms with Crippen molar-refractivity contribution in [1.82, 2.24) is 4.98 Å². The topological polar surface area (TPSA) is 62.2 Å². The van der Waals surface area contributed by atoms with Crippen molar-refractivity contribution in [3.8, 4) is 5.75 Å². The van der Waals surface area contributed by atoms with Crippen LogP contribution >= 0.6 is 11.8 Å². The van der Waals surface area contributed by atoms with Crippen molar-refractivity contribution < 1.29 is 9.90 Å². The number of rotatable bonds is 4. The number of carbonyl (C=O) groups is 1. The predicted molar refractivity (Wildman–Crippen MR) is 76.3 cm³/mol. The van der Waals surface area contributed by atoms with Crippen molar-refractivity contribution in [2.24, 2.45) is 0 Å². The third kappa shape index (κ3) is 3.72. The van der Waals surface area contributed by atoms with Crippen LogP contribution in [0.25, 0.3) is 0 Å². The number of nitrogens with zero attached hydrogens (tertiary/aromatic N) is 1. The van der Waals surface area contributed by atoms with Gasteiger partial charge in [-0.15, -0.1) is 11.8 Å². The standard InChI is InChI=1S/C14H14N2O2S/c1-10(19-11-6-3-2-4-7-11)14(18)16-13-12(17)8-5-9-15-13/h2-10,17H,1H3,(H,15,16,18). The molecule has 2 aromatic rings. The fourth-order valence-electron chi connectivity index (χ4n) is 1.47. The predicted octanol–water partition coefficient (Wildman–Crippen LogP) is 2.91. The van der Waals surface area contributed by atoms with Gasteiger partial charge in [-0.1, -0.05) is 18.2 Å². The second kappa shape index (κ2) is 6.24. The summed E-state index contributed by atoms with van der Waals surface area (Å²) in [6.45, 7) is 1.81. The van der Waals surface area contributed by atoms with Gasteiger partial charge in [0.05, 0.1) is 5.25 Å². The van der Waals surface area contributed by atoms with Gasteiger partial charge < -0.3 is 10.4 Å². The van der Waals surface area contributed by atoms with E-state index >= 15 is 0 Å². The number of hydrogen-bond donors (Lipinski definition) is 2. The normalized spacial score (nSPS) is 11.8. The Morgan fingerprint density at radius 1 is 1.26 bits per heavy atom. The molecular weight excluding hydrogens is 260 g/mol. The fourth-order valence-corrected chi connectivity index (χ4v) is 2.36. The minimum atomic E-state index is -0.274. The van der Waals surface area contributed by atoms with Crippen LogP contribution in [0, 0.1) is 0 Å². The van der Waals surface area contributed by atoms with Crippen LogP contribution in [0.15, 0.2) is 53.6 Å².